The summed E-state index contributed by atoms with van der Waals surface area (Å²) in [6.07, 6.45) is -4.21. The zero-order valence-electron chi connectivity index (χ0n) is 14.5. The van der Waals surface area contributed by atoms with Crippen LogP contribution in [0.2, 0.25) is 0 Å². The van der Waals surface area contributed by atoms with Gasteiger partial charge in [-0.15, -0.1) is 13.2 Å². The van der Waals surface area contributed by atoms with Crippen LogP contribution < -0.4 is 4.74 Å². The van der Waals surface area contributed by atoms with Crippen molar-refractivity contribution in [3.8, 4) is 5.75 Å². The molecule has 0 spiro atoms. The maximum Gasteiger partial charge on any atom is 0.573 e. The SMILES string of the molecule is CC(C)(C)OC(=O)[C@H]1C(=O)CCc2cc3cc(OC(F)(F)F)ccc3n21. The third kappa shape index (κ3) is 3.68. The number of alkyl halides is 3. The van der Waals surface area contributed by atoms with Gasteiger partial charge < -0.3 is 14.0 Å². The molecule has 26 heavy (non-hydrogen) atoms. The molecule has 1 aliphatic rings. The van der Waals surface area contributed by atoms with Gasteiger partial charge in [0.2, 0.25) is 0 Å². The summed E-state index contributed by atoms with van der Waals surface area (Å²) in [5, 5.41) is 0.463. The number of hydrogen-bond acceptors (Lipinski definition) is 4. The van der Waals surface area contributed by atoms with Gasteiger partial charge in [0.05, 0.1) is 0 Å². The van der Waals surface area contributed by atoms with Crippen molar-refractivity contribution in [3.05, 3.63) is 30.0 Å². The fraction of sp³-hybridized carbons (Fsp3) is 0.444. The first kappa shape index (κ1) is 18.3. The molecule has 0 fully saturated rings. The predicted molar refractivity (Wildman–Crippen MR) is 86.8 cm³/mol. The van der Waals surface area contributed by atoms with Crippen LogP contribution in [0.4, 0.5) is 13.2 Å². The van der Waals surface area contributed by atoms with Gasteiger partial charge in [-0.05, 0) is 51.5 Å². The first-order valence-corrected chi connectivity index (χ1v) is 8.10. The lowest BCUT2D eigenvalue weighted by molar-refractivity contribution is -0.274. The number of nitrogens with zero attached hydrogens (tertiary/aromatic N) is 1. The molecule has 0 N–H and O–H groups in total. The zero-order chi connectivity index (χ0) is 19.3. The molecule has 2 heterocycles. The fourth-order valence-electron chi connectivity index (χ4n) is 3.09. The Morgan fingerprint density at radius 3 is 2.46 bits per heavy atom. The molecule has 2 aromatic rings. The normalized spacial score (nSPS) is 17.9. The summed E-state index contributed by atoms with van der Waals surface area (Å²) < 4.78 is 48.1. The van der Waals surface area contributed by atoms with Crippen LogP contribution in [0.1, 0.15) is 38.9 Å². The van der Waals surface area contributed by atoms with Crippen LogP contribution >= 0.6 is 0 Å². The summed E-state index contributed by atoms with van der Waals surface area (Å²) in [6.45, 7) is 5.11. The first-order chi connectivity index (χ1) is 11.9. The van der Waals surface area contributed by atoms with Crippen LogP contribution in [-0.2, 0) is 20.7 Å². The summed E-state index contributed by atoms with van der Waals surface area (Å²) in [4.78, 5) is 24.9. The van der Waals surface area contributed by atoms with Crippen molar-refractivity contribution in [1.29, 1.82) is 0 Å². The molecule has 1 aromatic carbocycles. The van der Waals surface area contributed by atoms with Crippen molar-refractivity contribution in [2.24, 2.45) is 0 Å². The minimum Gasteiger partial charge on any atom is -0.458 e. The Hall–Kier alpha value is -2.51. The number of ether oxygens (including phenoxy) is 2. The number of aryl methyl sites for hydroxylation is 1. The van der Waals surface area contributed by atoms with Crippen molar-refractivity contribution in [3.63, 3.8) is 0 Å². The molecular formula is C18H18F3NO4. The van der Waals surface area contributed by atoms with Gasteiger partial charge in [-0.2, -0.15) is 0 Å². The Bertz CT molecular complexity index is 877. The number of carbonyl (C=O) groups excluding carboxylic acids is 2. The number of aromatic nitrogens is 1. The molecular weight excluding hydrogens is 351 g/mol. The Labute approximate surface area is 147 Å². The molecule has 0 saturated carbocycles. The number of ketones is 1. The van der Waals surface area contributed by atoms with Crippen LogP contribution in [0.25, 0.3) is 10.9 Å². The lowest BCUT2D eigenvalue weighted by Crippen LogP contribution is -2.37. The van der Waals surface area contributed by atoms with Gasteiger partial charge in [0.15, 0.2) is 11.8 Å². The zero-order valence-corrected chi connectivity index (χ0v) is 14.5. The van der Waals surface area contributed by atoms with Crippen molar-refractivity contribution in [1.82, 2.24) is 4.57 Å². The number of fused-ring (bicyclic) bond motifs is 3. The number of halogens is 3. The van der Waals surface area contributed by atoms with Gasteiger partial charge in [0.25, 0.3) is 0 Å². The van der Waals surface area contributed by atoms with Crippen molar-refractivity contribution >= 4 is 22.7 Å². The van der Waals surface area contributed by atoms with Crippen LogP contribution in [0.5, 0.6) is 5.75 Å². The molecule has 0 radical (unpaired) electrons. The number of Topliss-reactive ketones (excluding diaryl/α,β-unsaturated/α-hetero) is 1. The molecule has 0 aliphatic carbocycles. The number of hydrogen-bond donors (Lipinski definition) is 0. The van der Waals surface area contributed by atoms with Crippen LogP contribution in [-0.4, -0.2) is 28.3 Å². The summed E-state index contributed by atoms with van der Waals surface area (Å²) in [5.41, 5.74) is 0.420. The third-order valence-corrected chi connectivity index (χ3v) is 3.94. The van der Waals surface area contributed by atoms with Crippen LogP contribution in [0.3, 0.4) is 0 Å². The smallest absolute Gasteiger partial charge is 0.458 e. The number of benzene rings is 1. The van der Waals surface area contributed by atoms with E-state index in [1.807, 2.05) is 0 Å². The Morgan fingerprint density at radius 2 is 1.85 bits per heavy atom. The maximum absolute atomic E-state index is 12.5. The third-order valence-electron chi connectivity index (χ3n) is 3.94. The van der Waals surface area contributed by atoms with Crippen LogP contribution in [0, 0.1) is 0 Å². The lowest BCUT2D eigenvalue weighted by Gasteiger charge is -2.28. The number of carbonyl (C=O) groups is 2. The number of esters is 1. The van der Waals surface area contributed by atoms with Gasteiger partial charge in [0.1, 0.15) is 11.4 Å². The van der Waals surface area contributed by atoms with E-state index in [1.165, 1.54) is 12.1 Å². The second kappa shape index (κ2) is 6.03. The topological polar surface area (TPSA) is 57.5 Å². The average Bonchev–Trinajstić information content (AvgIpc) is 2.81. The highest BCUT2D eigenvalue weighted by Gasteiger charge is 2.37. The molecule has 1 aromatic heterocycles. The summed E-state index contributed by atoms with van der Waals surface area (Å²) in [6, 6.07) is 4.35. The second-order valence-electron chi connectivity index (χ2n) is 7.18. The Balaban J connectivity index is 2.04. The van der Waals surface area contributed by atoms with E-state index in [-0.39, 0.29) is 18.0 Å². The highest BCUT2D eigenvalue weighted by molar-refractivity contribution is 6.04. The van der Waals surface area contributed by atoms with E-state index in [2.05, 4.69) is 4.74 Å². The average molecular weight is 369 g/mol. The summed E-state index contributed by atoms with van der Waals surface area (Å²) in [5.74, 6) is -1.30. The molecule has 5 nitrogen and oxygen atoms in total. The van der Waals surface area contributed by atoms with Gasteiger partial charge in [-0.3, -0.25) is 4.79 Å². The second-order valence-corrected chi connectivity index (χ2v) is 7.18. The monoisotopic (exact) mass is 369 g/mol. The molecule has 1 aliphatic heterocycles. The van der Waals surface area contributed by atoms with Crippen molar-refractivity contribution in [2.75, 3.05) is 0 Å². The molecule has 140 valence electrons. The standard InChI is InChI=1S/C18H18F3NO4/c1-17(2,3)26-16(24)15-14(23)7-4-11-8-10-9-12(25-18(19,20)21)5-6-13(10)22(11)15/h5-6,8-9,15H,4,7H2,1-3H3/t15-/m1/s1. The summed E-state index contributed by atoms with van der Waals surface area (Å²) >= 11 is 0. The minimum atomic E-state index is -4.79. The molecule has 0 unspecified atom stereocenters. The van der Waals surface area contributed by atoms with Gasteiger partial charge in [-0.1, -0.05) is 0 Å². The van der Waals surface area contributed by atoms with E-state index >= 15 is 0 Å². The maximum atomic E-state index is 12.5. The quantitative estimate of drug-likeness (QED) is 0.594. The predicted octanol–water partition coefficient (Wildman–Crippen LogP) is 3.94. The van der Waals surface area contributed by atoms with Gasteiger partial charge in [0, 0.05) is 23.0 Å². The molecule has 0 saturated heterocycles. The van der Waals surface area contributed by atoms with E-state index in [9.17, 15) is 22.8 Å². The highest BCUT2D eigenvalue weighted by atomic mass is 19.4. The van der Waals surface area contributed by atoms with E-state index in [0.29, 0.717) is 23.0 Å². The molecule has 0 bridgehead atoms. The highest BCUT2D eigenvalue weighted by Crippen LogP contribution is 2.34. The minimum absolute atomic E-state index is 0.173. The lowest BCUT2D eigenvalue weighted by atomic mass is 10.0. The molecule has 1 atom stereocenters. The van der Waals surface area contributed by atoms with E-state index in [0.717, 1.165) is 6.07 Å². The van der Waals surface area contributed by atoms with Gasteiger partial charge >= 0.3 is 12.3 Å². The fourth-order valence-corrected chi connectivity index (χ4v) is 3.09. The van der Waals surface area contributed by atoms with E-state index in [4.69, 9.17) is 4.74 Å². The molecule has 8 heteroatoms. The Morgan fingerprint density at radius 1 is 1.15 bits per heavy atom. The van der Waals surface area contributed by atoms with Crippen LogP contribution in [0.15, 0.2) is 24.3 Å². The van der Waals surface area contributed by atoms with Crippen molar-refractivity contribution in [2.45, 2.75) is 51.6 Å². The van der Waals surface area contributed by atoms with E-state index in [1.54, 1.807) is 31.4 Å². The van der Waals surface area contributed by atoms with Crippen molar-refractivity contribution < 1.29 is 32.2 Å². The Kier molecular flexibility index (Phi) is 4.24. The number of rotatable bonds is 2. The first-order valence-electron chi connectivity index (χ1n) is 8.10. The molecule has 3 rings (SSSR count). The molecule has 0 amide bonds. The summed E-state index contributed by atoms with van der Waals surface area (Å²) in [7, 11) is 0. The van der Waals surface area contributed by atoms with E-state index < -0.39 is 24.0 Å². The largest absolute Gasteiger partial charge is 0.573 e. The van der Waals surface area contributed by atoms with Gasteiger partial charge in [-0.25, -0.2) is 4.79 Å².